The van der Waals surface area contributed by atoms with Crippen molar-refractivity contribution in [1.29, 1.82) is 0 Å². The van der Waals surface area contributed by atoms with Crippen molar-refractivity contribution in [3.8, 4) is 34.3 Å². The zero-order valence-corrected chi connectivity index (χ0v) is 26.5. The zero-order chi connectivity index (χ0) is 33.7. The lowest BCUT2D eigenvalue weighted by atomic mass is 10.0. The molecular formula is C36H32F2N6O5. The Morgan fingerprint density at radius 1 is 0.980 bits per heavy atom. The van der Waals surface area contributed by atoms with Crippen molar-refractivity contribution >= 4 is 33.3 Å². The Kier molecular flexibility index (Phi) is 9.26. The van der Waals surface area contributed by atoms with Gasteiger partial charge in [-0.25, -0.2) is 23.7 Å². The number of fused-ring (bicyclic) bond motifs is 2. The van der Waals surface area contributed by atoms with E-state index in [1.54, 1.807) is 37.4 Å². The van der Waals surface area contributed by atoms with Crippen molar-refractivity contribution in [3.63, 3.8) is 0 Å². The number of methoxy groups -OCH3 is 1. The standard InChI is InChI=1S/C36H32F2N6O5/c1-46-31-18-25-29(19-32(31)48-13-3-10-44-11-14-47-15-12-44)41-21-42-36(25)49-30-7-6-24(17-27(30)38)43-35-33-28(8-9-39-35)40-20-26(34(33)45)22-4-2-5-23(37)16-22/h2,4-9,16-21H,3,10-15H2,1H3,(H,39,43)(H,40,45). The second-order valence-electron chi connectivity index (χ2n) is 11.4. The summed E-state index contributed by atoms with van der Waals surface area (Å²) in [6.45, 7) is 4.74. The Hall–Kier alpha value is -5.66. The predicted octanol–water partition coefficient (Wildman–Crippen LogP) is 6.46. The van der Waals surface area contributed by atoms with Crippen molar-refractivity contribution in [1.82, 2.24) is 24.8 Å². The van der Waals surface area contributed by atoms with Crippen LogP contribution in [0.4, 0.5) is 20.3 Å². The number of hydrogen-bond donors (Lipinski definition) is 2. The maximum atomic E-state index is 15.5. The van der Waals surface area contributed by atoms with E-state index in [1.165, 1.54) is 49.1 Å². The van der Waals surface area contributed by atoms with Crippen molar-refractivity contribution in [2.45, 2.75) is 6.42 Å². The number of anilines is 2. The molecule has 0 aliphatic carbocycles. The molecule has 6 aromatic rings. The Labute approximate surface area is 279 Å². The smallest absolute Gasteiger partial charge is 0.230 e. The molecule has 0 unspecified atom stereocenters. The monoisotopic (exact) mass is 666 g/mol. The molecule has 250 valence electrons. The SMILES string of the molecule is COc1cc2c(Oc3ccc(Nc4nccc5[nH]cc(-c6cccc(F)c6)c(=O)c45)cc3F)ncnc2cc1OCCCN1CCOCC1. The fraction of sp³-hybridized carbons (Fsp3) is 0.222. The van der Waals surface area contributed by atoms with E-state index in [-0.39, 0.29) is 33.8 Å². The number of aromatic nitrogens is 4. The Balaban J connectivity index is 1.09. The molecule has 13 heteroatoms. The van der Waals surface area contributed by atoms with Crippen molar-refractivity contribution in [2.75, 3.05) is 51.9 Å². The number of benzene rings is 3. The van der Waals surface area contributed by atoms with Gasteiger partial charge in [-0.3, -0.25) is 9.69 Å². The van der Waals surface area contributed by atoms with E-state index in [2.05, 4.69) is 30.2 Å². The van der Waals surface area contributed by atoms with Gasteiger partial charge < -0.3 is 29.2 Å². The van der Waals surface area contributed by atoms with Crippen LogP contribution in [0, 0.1) is 11.6 Å². The number of hydrogen-bond acceptors (Lipinski definition) is 10. The Bertz CT molecular complexity index is 2190. The summed E-state index contributed by atoms with van der Waals surface area (Å²) >= 11 is 0. The van der Waals surface area contributed by atoms with E-state index < -0.39 is 11.6 Å². The number of nitrogens with one attached hydrogen (secondary N) is 2. The van der Waals surface area contributed by atoms with Gasteiger partial charge in [0.2, 0.25) is 11.3 Å². The number of rotatable bonds is 11. The average molecular weight is 667 g/mol. The van der Waals surface area contributed by atoms with E-state index in [1.807, 2.05) is 0 Å². The fourth-order valence-corrected chi connectivity index (χ4v) is 5.72. The number of pyridine rings is 2. The molecule has 1 aliphatic heterocycles. The molecule has 2 N–H and O–H groups in total. The number of ether oxygens (including phenoxy) is 4. The molecule has 0 saturated carbocycles. The third-order valence-corrected chi connectivity index (χ3v) is 8.20. The van der Waals surface area contributed by atoms with Crippen LogP contribution in [0.25, 0.3) is 32.9 Å². The van der Waals surface area contributed by atoms with Gasteiger partial charge in [-0.15, -0.1) is 0 Å². The third kappa shape index (κ3) is 6.98. The first-order valence-corrected chi connectivity index (χ1v) is 15.7. The highest BCUT2D eigenvalue weighted by Gasteiger charge is 2.17. The molecule has 49 heavy (non-hydrogen) atoms. The molecule has 1 aliphatic rings. The van der Waals surface area contributed by atoms with Crippen LogP contribution in [0.5, 0.6) is 23.1 Å². The first-order valence-electron chi connectivity index (χ1n) is 15.7. The third-order valence-electron chi connectivity index (χ3n) is 8.20. The van der Waals surface area contributed by atoms with Crippen LogP contribution in [-0.4, -0.2) is 71.4 Å². The summed E-state index contributed by atoms with van der Waals surface area (Å²) in [5.74, 6) is 0.123. The topological polar surface area (TPSA) is 124 Å². The average Bonchev–Trinajstić information content (AvgIpc) is 3.11. The largest absolute Gasteiger partial charge is 0.493 e. The molecule has 0 bridgehead atoms. The summed E-state index contributed by atoms with van der Waals surface area (Å²) in [4.78, 5) is 31.9. The number of aromatic amines is 1. The summed E-state index contributed by atoms with van der Waals surface area (Å²) in [6, 6.07) is 15.1. The van der Waals surface area contributed by atoms with Crippen LogP contribution in [0.1, 0.15) is 6.42 Å². The normalized spacial score (nSPS) is 13.4. The van der Waals surface area contributed by atoms with Gasteiger partial charge in [-0.1, -0.05) is 12.1 Å². The first-order chi connectivity index (χ1) is 24.0. The second-order valence-corrected chi connectivity index (χ2v) is 11.4. The van der Waals surface area contributed by atoms with E-state index in [0.717, 1.165) is 39.3 Å². The molecule has 3 aromatic heterocycles. The number of halogens is 2. The summed E-state index contributed by atoms with van der Waals surface area (Å²) < 4.78 is 52.3. The van der Waals surface area contributed by atoms with Gasteiger partial charge in [0.1, 0.15) is 18.0 Å². The van der Waals surface area contributed by atoms with Gasteiger partial charge in [0.15, 0.2) is 23.1 Å². The van der Waals surface area contributed by atoms with E-state index in [0.29, 0.717) is 45.8 Å². The van der Waals surface area contributed by atoms with Gasteiger partial charge in [0.25, 0.3) is 0 Å². The minimum atomic E-state index is -0.682. The summed E-state index contributed by atoms with van der Waals surface area (Å²) in [7, 11) is 1.54. The van der Waals surface area contributed by atoms with Crippen molar-refractivity contribution < 1.29 is 27.7 Å². The lowest BCUT2D eigenvalue weighted by molar-refractivity contribution is 0.0357. The summed E-state index contributed by atoms with van der Waals surface area (Å²) in [5.41, 5.74) is 1.71. The number of morpholine rings is 1. The molecule has 0 spiro atoms. The van der Waals surface area contributed by atoms with Gasteiger partial charge in [-0.2, -0.15) is 0 Å². The molecule has 7 rings (SSSR count). The van der Waals surface area contributed by atoms with E-state index >= 15 is 4.39 Å². The maximum Gasteiger partial charge on any atom is 0.230 e. The van der Waals surface area contributed by atoms with Gasteiger partial charge in [-0.05, 0) is 48.4 Å². The van der Waals surface area contributed by atoms with Crippen molar-refractivity contribution in [3.05, 3.63) is 101 Å². The number of nitrogens with zero attached hydrogens (tertiary/aromatic N) is 4. The Morgan fingerprint density at radius 3 is 2.67 bits per heavy atom. The van der Waals surface area contributed by atoms with Gasteiger partial charge >= 0.3 is 0 Å². The quantitative estimate of drug-likeness (QED) is 0.149. The molecule has 1 fully saturated rings. The lowest BCUT2D eigenvalue weighted by Gasteiger charge is -2.26. The van der Waals surface area contributed by atoms with Crippen LogP contribution < -0.4 is 25.0 Å². The molecule has 11 nitrogen and oxygen atoms in total. The van der Waals surface area contributed by atoms with E-state index in [9.17, 15) is 9.18 Å². The fourth-order valence-electron chi connectivity index (χ4n) is 5.72. The number of H-pyrrole nitrogens is 1. The van der Waals surface area contributed by atoms with Crippen LogP contribution in [-0.2, 0) is 4.74 Å². The highest BCUT2D eigenvalue weighted by molar-refractivity contribution is 5.93. The zero-order valence-electron chi connectivity index (χ0n) is 26.5. The highest BCUT2D eigenvalue weighted by atomic mass is 19.1. The van der Waals surface area contributed by atoms with Crippen LogP contribution in [0.3, 0.4) is 0 Å². The minimum Gasteiger partial charge on any atom is -0.493 e. The second kappa shape index (κ2) is 14.2. The first kappa shape index (κ1) is 31.9. The van der Waals surface area contributed by atoms with Crippen LogP contribution in [0.15, 0.2) is 84.2 Å². The molecular weight excluding hydrogens is 634 g/mol. The Morgan fingerprint density at radius 2 is 1.86 bits per heavy atom. The van der Waals surface area contributed by atoms with Gasteiger partial charge in [0.05, 0.1) is 48.7 Å². The predicted molar refractivity (Wildman–Crippen MR) is 181 cm³/mol. The van der Waals surface area contributed by atoms with Crippen LogP contribution in [0.2, 0.25) is 0 Å². The molecule has 0 radical (unpaired) electrons. The molecule has 0 amide bonds. The molecule has 3 aromatic carbocycles. The molecule has 1 saturated heterocycles. The summed E-state index contributed by atoms with van der Waals surface area (Å²) in [5, 5.41) is 3.79. The molecule has 0 atom stereocenters. The highest BCUT2D eigenvalue weighted by Crippen LogP contribution is 2.37. The van der Waals surface area contributed by atoms with Gasteiger partial charge in [0, 0.05) is 55.4 Å². The van der Waals surface area contributed by atoms with Crippen molar-refractivity contribution in [2.24, 2.45) is 0 Å². The van der Waals surface area contributed by atoms with E-state index in [4.69, 9.17) is 18.9 Å². The molecule has 4 heterocycles. The maximum absolute atomic E-state index is 15.5. The summed E-state index contributed by atoms with van der Waals surface area (Å²) in [6.07, 6.45) is 5.23. The minimum absolute atomic E-state index is 0.0786. The van der Waals surface area contributed by atoms with Crippen LogP contribution >= 0.6 is 0 Å². The lowest BCUT2D eigenvalue weighted by Crippen LogP contribution is -2.37.